The Morgan fingerprint density at radius 2 is 1.68 bits per heavy atom. The van der Waals surface area contributed by atoms with Crippen LogP contribution in [-0.4, -0.2) is 31.2 Å². The number of carboxylic acid groups (broad SMARTS) is 1. The van der Waals surface area contributed by atoms with Gasteiger partial charge in [0.1, 0.15) is 5.52 Å². The summed E-state index contributed by atoms with van der Waals surface area (Å²) in [7, 11) is 1.87. The van der Waals surface area contributed by atoms with E-state index in [1.807, 2.05) is 49.5 Å². The summed E-state index contributed by atoms with van der Waals surface area (Å²) in [5, 5.41) is 26.2. The predicted molar refractivity (Wildman–Crippen MR) is 118 cm³/mol. The van der Waals surface area contributed by atoms with Crippen molar-refractivity contribution in [3.8, 4) is 0 Å². The Labute approximate surface area is 183 Å². The van der Waals surface area contributed by atoms with Crippen molar-refractivity contribution in [1.82, 2.24) is 20.4 Å². The molecule has 31 heavy (non-hydrogen) atoms. The molecule has 0 amide bonds. The van der Waals surface area contributed by atoms with Gasteiger partial charge in [0.15, 0.2) is 6.10 Å². The maximum Gasteiger partial charge on any atom is 0.337 e. The summed E-state index contributed by atoms with van der Waals surface area (Å²) in [5.74, 6) is 4.49. The molecule has 0 aliphatic heterocycles. The fourth-order valence-corrected chi connectivity index (χ4v) is 3.17. The zero-order valence-corrected chi connectivity index (χ0v) is 17.4. The highest BCUT2D eigenvalue weighted by Gasteiger charge is 2.15. The summed E-state index contributed by atoms with van der Waals surface area (Å²) in [4.78, 5) is 10.2. The molecule has 0 saturated heterocycles. The molecule has 8 nitrogen and oxygen atoms in total. The van der Waals surface area contributed by atoms with Gasteiger partial charge >= 0.3 is 5.97 Å². The van der Waals surface area contributed by atoms with E-state index in [0.29, 0.717) is 10.6 Å². The molecule has 3 aromatic carbocycles. The van der Waals surface area contributed by atoms with Gasteiger partial charge in [0.25, 0.3) is 0 Å². The molecular formula is C22H22ClN5O3. The van der Waals surface area contributed by atoms with Gasteiger partial charge in [0, 0.05) is 12.1 Å². The van der Waals surface area contributed by atoms with Crippen LogP contribution in [0.2, 0.25) is 5.02 Å². The first kappa shape index (κ1) is 22.4. The molecule has 0 bridgehead atoms. The average Bonchev–Trinajstić information content (AvgIpc) is 3.16. The number of fused-ring (bicyclic) bond motifs is 1. The Balaban J connectivity index is 0.000000210. The molecule has 4 aromatic rings. The van der Waals surface area contributed by atoms with Crippen LogP contribution in [0.4, 0.5) is 0 Å². The van der Waals surface area contributed by atoms with Gasteiger partial charge in [-0.2, -0.15) is 0 Å². The summed E-state index contributed by atoms with van der Waals surface area (Å²) in [6, 6.07) is 21.8. The van der Waals surface area contributed by atoms with E-state index < -0.39 is 12.1 Å². The molecular weight excluding hydrogens is 418 g/mol. The minimum Gasteiger partial charge on any atom is -0.479 e. The molecule has 0 aliphatic carbocycles. The number of aliphatic carboxylic acids is 1. The zero-order valence-electron chi connectivity index (χ0n) is 16.7. The number of hydrogen-bond donors (Lipinski definition) is 4. The lowest BCUT2D eigenvalue weighted by atomic mass is 9.99. The summed E-state index contributed by atoms with van der Waals surface area (Å²) in [6.45, 7) is 0. The second-order valence-electron chi connectivity index (χ2n) is 6.76. The van der Waals surface area contributed by atoms with Gasteiger partial charge in [-0.3, -0.25) is 5.84 Å². The topological polar surface area (TPSA) is 126 Å². The highest BCUT2D eigenvalue weighted by atomic mass is 35.5. The van der Waals surface area contributed by atoms with Gasteiger partial charge in [-0.1, -0.05) is 65.3 Å². The number of nitrogens with zero attached hydrogens (tertiary/aromatic N) is 3. The van der Waals surface area contributed by atoms with Crippen molar-refractivity contribution in [2.75, 3.05) is 0 Å². The number of carboxylic acids is 1. The van der Waals surface area contributed by atoms with Crippen molar-refractivity contribution < 1.29 is 15.0 Å². The van der Waals surface area contributed by atoms with Gasteiger partial charge in [-0.15, -0.1) is 5.10 Å². The molecule has 0 saturated carbocycles. The molecule has 160 valence electrons. The van der Waals surface area contributed by atoms with Crippen molar-refractivity contribution in [3.05, 3.63) is 94.5 Å². The molecule has 1 heterocycles. The Morgan fingerprint density at radius 3 is 2.29 bits per heavy atom. The van der Waals surface area contributed by atoms with Crippen LogP contribution in [0.5, 0.6) is 0 Å². The van der Waals surface area contributed by atoms with Crippen molar-refractivity contribution in [1.29, 1.82) is 0 Å². The van der Waals surface area contributed by atoms with E-state index in [4.69, 9.17) is 27.7 Å². The molecule has 4 rings (SSSR count). The fraction of sp³-hybridized carbons (Fsp3) is 0.136. The third-order valence-electron chi connectivity index (χ3n) is 4.69. The summed E-state index contributed by atoms with van der Waals surface area (Å²) < 4.78 is 1.74. The van der Waals surface area contributed by atoms with Gasteiger partial charge < -0.3 is 10.2 Å². The predicted octanol–water partition coefficient (Wildman–Crippen LogP) is 2.98. The highest BCUT2D eigenvalue weighted by Crippen LogP contribution is 2.25. The maximum absolute atomic E-state index is 10.2. The van der Waals surface area contributed by atoms with Gasteiger partial charge in [-0.05, 0) is 41.0 Å². The van der Waals surface area contributed by atoms with E-state index in [2.05, 4.69) is 15.7 Å². The lowest BCUT2D eigenvalue weighted by Crippen LogP contribution is -2.28. The van der Waals surface area contributed by atoms with E-state index in [-0.39, 0.29) is 6.04 Å². The first-order valence-electron chi connectivity index (χ1n) is 9.37. The number of nitrogens with one attached hydrogen (secondary N) is 1. The number of aliphatic hydroxyl groups is 1. The number of rotatable bonds is 5. The number of hydrogen-bond acceptors (Lipinski definition) is 6. The largest absolute Gasteiger partial charge is 0.479 e. The maximum atomic E-state index is 10.2. The lowest BCUT2D eigenvalue weighted by molar-refractivity contribution is -0.146. The molecule has 0 radical (unpaired) electrons. The fourth-order valence-electron chi connectivity index (χ4n) is 3.05. The van der Waals surface area contributed by atoms with Gasteiger partial charge in [0.05, 0.1) is 11.6 Å². The first-order valence-corrected chi connectivity index (χ1v) is 9.75. The Bertz CT molecular complexity index is 1150. The molecule has 1 aromatic heterocycles. The van der Waals surface area contributed by atoms with Crippen LogP contribution >= 0.6 is 11.6 Å². The van der Waals surface area contributed by atoms with Crippen molar-refractivity contribution in [2.45, 2.75) is 12.1 Å². The van der Waals surface area contributed by atoms with Crippen molar-refractivity contribution in [2.24, 2.45) is 12.9 Å². The number of halogens is 1. The quantitative estimate of drug-likeness (QED) is 0.278. The Kier molecular flexibility index (Phi) is 7.32. The number of nitrogens with two attached hydrogens (primary N) is 1. The molecule has 0 fully saturated rings. The minimum atomic E-state index is -1.41. The SMILES string of the molecule is Cn1nnc2ccc(C(NN)c3ccc(Cl)cc3)cc21.O=C(O)[C@H](O)c1ccccc1. The lowest BCUT2D eigenvalue weighted by Gasteiger charge is -2.17. The van der Waals surface area contributed by atoms with Crippen LogP contribution in [0.15, 0.2) is 72.8 Å². The van der Waals surface area contributed by atoms with Gasteiger partial charge in [-0.25, -0.2) is 14.9 Å². The van der Waals surface area contributed by atoms with Crippen molar-refractivity contribution >= 4 is 28.6 Å². The molecule has 2 atom stereocenters. The average molecular weight is 440 g/mol. The van der Waals surface area contributed by atoms with E-state index in [1.165, 1.54) is 0 Å². The normalized spacial score (nSPS) is 12.6. The van der Waals surface area contributed by atoms with E-state index in [0.717, 1.165) is 22.2 Å². The van der Waals surface area contributed by atoms with E-state index >= 15 is 0 Å². The minimum absolute atomic E-state index is 0.105. The Hall–Kier alpha value is -3.30. The summed E-state index contributed by atoms with van der Waals surface area (Å²) in [5.41, 5.74) is 7.17. The summed E-state index contributed by atoms with van der Waals surface area (Å²) in [6.07, 6.45) is -1.41. The molecule has 0 spiro atoms. The molecule has 1 unspecified atom stereocenters. The van der Waals surface area contributed by atoms with Crippen LogP contribution < -0.4 is 11.3 Å². The Morgan fingerprint density at radius 1 is 1.03 bits per heavy atom. The van der Waals surface area contributed by atoms with E-state index in [9.17, 15) is 4.79 Å². The van der Waals surface area contributed by atoms with Crippen molar-refractivity contribution in [3.63, 3.8) is 0 Å². The standard InChI is InChI=1S/C14H14ClN5.C8H8O3/c1-20-13-8-10(4-7-12(13)18-19-20)14(17-16)9-2-5-11(15)6-3-9;9-7(8(10)11)6-4-2-1-3-5-6/h2-8,14,17H,16H2,1H3;1-5,7,9H,(H,10,11)/t;7-/m.1/s1. The number of hydrazine groups is 1. The highest BCUT2D eigenvalue weighted by molar-refractivity contribution is 6.30. The first-order chi connectivity index (χ1) is 14.9. The second-order valence-corrected chi connectivity index (χ2v) is 7.20. The third kappa shape index (κ3) is 5.44. The number of benzene rings is 3. The smallest absolute Gasteiger partial charge is 0.337 e. The molecule has 5 N–H and O–H groups in total. The second kappa shape index (κ2) is 10.1. The molecule has 0 aliphatic rings. The molecule has 9 heteroatoms. The summed E-state index contributed by atoms with van der Waals surface area (Å²) >= 11 is 5.92. The number of aromatic nitrogens is 3. The van der Waals surface area contributed by atoms with Crippen LogP contribution in [0.1, 0.15) is 28.8 Å². The third-order valence-corrected chi connectivity index (χ3v) is 4.94. The number of aryl methyl sites for hydroxylation is 1. The number of carbonyl (C=O) groups is 1. The number of aliphatic hydroxyl groups excluding tert-OH is 1. The van der Waals surface area contributed by atoms with Crippen LogP contribution in [0, 0.1) is 0 Å². The van der Waals surface area contributed by atoms with Gasteiger partial charge in [0.2, 0.25) is 0 Å². The monoisotopic (exact) mass is 439 g/mol. The van der Waals surface area contributed by atoms with Crippen LogP contribution in [0.3, 0.4) is 0 Å². The van der Waals surface area contributed by atoms with Crippen LogP contribution in [-0.2, 0) is 11.8 Å². The van der Waals surface area contributed by atoms with Crippen LogP contribution in [0.25, 0.3) is 11.0 Å². The van der Waals surface area contributed by atoms with E-state index in [1.54, 1.807) is 35.0 Å². The zero-order chi connectivity index (χ0) is 22.4.